The van der Waals surface area contributed by atoms with Gasteiger partial charge in [-0.15, -0.1) is 0 Å². The molecule has 2 unspecified atom stereocenters. The molecule has 120 valence electrons. The lowest BCUT2D eigenvalue weighted by molar-refractivity contribution is 0.0191. The Hall–Kier alpha value is -0.390. The molecule has 0 aromatic carbocycles. The summed E-state index contributed by atoms with van der Waals surface area (Å²) in [5.74, 6) is 0.729. The minimum atomic E-state index is 0.322. The third-order valence-corrected chi connectivity index (χ3v) is 5.21. The van der Waals surface area contributed by atoms with Gasteiger partial charge in [0.1, 0.15) is 0 Å². The van der Waals surface area contributed by atoms with Crippen LogP contribution in [0.5, 0.6) is 0 Å². The fourth-order valence-corrected chi connectivity index (χ4v) is 3.48. The summed E-state index contributed by atoms with van der Waals surface area (Å²) in [5.41, 5.74) is 2.35. The molecule has 0 aliphatic heterocycles. The van der Waals surface area contributed by atoms with E-state index in [0.29, 0.717) is 12.1 Å². The zero-order chi connectivity index (χ0) is 15.4. The Bertz CT molecular complexity index is 457. The molecule has 0 radical (unpaired) electrons. The molecular formula is C16H28BrN3O. The number of nitrogens with zero attached hydrogens (tertiary/aromatic N) is 2. The normalized spacial score (nSPS) is 18.0. The van der Waals surface area contributed by atoms with Crippen LogP contribution in [0.4, 0.5) is 0 Å². The van der Waals surface area contributed by atoms with Crippen LogP contribution in [0.1, 0.15) is 45.0 Å². The van der Waals surface area contributed by atoms with Crippen molar-refractivity contribution in [1.82, 2.24) is 15.1 Å². The summed E-state index contributed by atoms with van der Waals surface area (Å²) in [6.45, 7) is 11.1. The van der Waals surface area contributed by atoms with Crippen LogP contribution in [-0.2, 0) is 17.7 Å². The molecule has 21 heavy (non-hydrogen) atoms. The SMILES string of the molecule is CCNC(Cc1c(Br)c(C)nn1CC)C(OCC)C1CC1. The molecule has 1 aromatic heterocycles. The average Bonchev–Trinajstić information content (AvgIpc) is 3.27. The fraction of sp³-hybridized carbons (Fsp3) is 0.812. The summed E-state index contributed by atoms with van der Waals surface area (Å²) >= 11 is 3.71. The minimum absolute atomic E-state index is 0.322. The van der Waals surface area contributed by atoms with Gasteiger partial charge in [0.2, 0.25) is 0 Å². The summed E-state index contributed by atoms with van der Waals surface area (Å²) in [6, 6.07) is 0.361. The standard InChI is InChI=1S/C16H28BrN3O/c1-5-18-13(16(21-7-3)12-8-9-12)10-14-15(17)11(4)19-20(14)6-2/h12-13,16,18H,5-10H2,1-4H3. The summed E-state index contributed by atoms with van der Waals surface area (Å²) < 4.78 is 9.33. The number of ether oxygens (including phenoxy) is 1. The third kappa shape index (κ3) is 4.08. The van der Waals surface area contributed by atoms with Crippen LogP contribution < -0.4 is 5.32 Å². The van der Waals surface area contributed by atoms with E-state index in [-0.39, 0.29) is 0 Å². The number of rotatable bonds is 9. The van der Waals surface area contributed by atoms with Crippen molar-refractivity contribution < 1.29 is 4.74 Å². The lowest BCUT2D eigenvalue weighted by atomic mass is 10.0. The molecule has 2 rings (SSSR count). The van der Waals surface area contributed by atoms with Crippen LogP contribution in [0.15, 0.2) is 4.47 Å². The van der Waals surface area contributed by atoms with E-state index in [4.69, 9.17) is 4.74 Å². The number of hydrogen-bond acceptors (Lipinski definition) is 3. The first kappa shape index (κ1) is 17.0. The smallest absolute Gasteiger partial charge is 0.0759 e. The van der Waals surface area contributed by atoms with Crippen molar-refractivity contribution >= 4 is 15.9 Å². The Labute approximate surface area is 136 Å². The zero-order valence-electron chi connectivity index (χ0n) is 13.7. The van der Waals surface area contributed by atoms with Crippen LogP contribution in [0.3, 0.4) is 0 Å². The van der Waals surface area contributed by atoms with E-state index in [9.17, 15) is 0 Å². The van der Waals surface area contributed by atoms with Crippen LogP contribution in [0.25, 0.3) is 0 Å². The van der Waals surface area contributed by atoms with Crippen LogP contribution in [0, 0.1) is 12.8 Å². The molecule has 1 aliphatic carbocycles. The van der Waals surface area contributed by atoms with Crippen molar-refractivity contribution in [2.24, 2.45) is 5.92 Å². The first-order valence-electron chi connectivity index (χ1n) is 8.19. The molecule has 1 saturated carbocycles. The average molecular weight is 358 g/mol. The first-order valence-corrected chi connectivity index (χ1v) is 8.98. The van der Waals surface area contributed by atoms with E-state index in [1.165, 1.54) is 18.5 Å². The van der Waals surface area contributed by atoms with Gasteiger partial charge in [0, 0.05) is 25.6 Å². The monoisotopic (exact) mass is 357 g/mol. The first-order chi connectivity index (χ1) is 10.1. The number of aryl methyl sites for hydroxylation is 2. The zero-order valence-corrected chi connectivity index (χ0v) is 15.2. The van der Waals surface area contributed by atoms with E-state index >= 15 is 0 Å². The van der Waals surface area contributed by atoms with Gasteiger partial charge in [-0.05, 0) is 62.0 Å². The van der Waals surface area contributed by atoms with Crippen molar-refractivity contribution in [3.8, 4) is 0 Å². The summed E-state index contributed by atoms with van der Waals surface area (Å²) in [7, 11) is 0. The van der Waals surface area contributed by atoms with E-state index < -0.39 is 0 Å². The Balaban J connectivity index is 2.18. The van der Waals surface area contributed by atoms with Crippen molar-refractivity contribution in [2.75, 3.05) is 13.2 Å². The Kier molecular flexibility index (Phi) is 6.26. The summed E-state index contributed by atoms with van der Waals surface area (Å²) in [5, 5.41) is 8.25. The van der Waals surface area contributed by atoms with Gasteiger partial charge in [0.15, 0.2) is 0 Å². The second-order valence-corrected chi connectivity index (χ2v) is 6.58. The maximum Gasteiger partial charge on any atom is 0.0759 e. The predicted molar refractivity (Wildman–Crippen MR) is 89.6 cm³/mol. The van der Waals surface area contributed by atoms with Gasteiger partial charge in [-0.2, -0.15) is 5.10 Å². The summed E-state index contributed by atoms with van der Waals surface area (Å²) in [4.78, 5) is 0. The maximum atomic E-state index is 6.07. The van der Waals surface area contributed by atoms with Gasteiger partial charge in [-0.1, -0.05) is 6.92 Å². The molecule has 2 atom stereocenters. The van der Waals surface area contributed by atoms with E-state index in [1.54, 1.807) is 0 Å². The third-order valence-electron chi connectivity index (χ3n) is 4.17. The topological polar surface area (TPSA) is 39.1 Å². The minimum Gasteiger partial charge on any atom is -0.377 e. The maximum absolute atomic E-state index is 6.07. The highest BCUT2D eigenvalue weighted by Crippen LogP contribution is 2.37. The Morgan fingerprint density at radius 1 is 1.38 bits per heavy atom. The number of nitrogens with one attached hydrogen (secondary N) is 1. The van der Waals surface area contributed by atoms with E-state index in [2.05, 4.69) is 58.7 Å². The Morgan fingerprint density at radius 2 is 2.10 bits per heavy atom. The van der Waals surface area contributed by atoms with Gasteiger partial charge in [0.25, 0.3) is 0 Å². The number of halogens is 1. The molecule has 1 fully saturated rings. The quantitative estimate of drug-likeness (QED) is 0.736. The van der Waals surface area contributed by atoms with Gasteiger partial charge in [0.05, 0.1) is 22.0 Å². The Morgan fingerprint density at radius 3 is 2.62 bits per heavy atom. The van der Waals surface area contributed by atoms with E-state index in [1.807, 2.05) is 0 Å². The molecule has 4 nitrogen and oxygen atoms in total. The number of hydrogen-bond donors (Lipinski definition) is 1. The second kappa shape index (κ2) is 7.75. The fourth-order valence-electron chi connectivity index (χ4n) is 3.04. The van der Waals surface area contributed by atoms with Crippen molar-refractivity contribution in [2.45, 2.75) is 65.6 Å². The molecule has 0 bridgehead atoms. The van der Waals surface area contributed by atoms with Crippen LogP contribution in [-0.4, -0.2) is 35.1 Å². The van der Waals surface area contributed by atoms with Crippen molar-refractivity contribution in [3.05, 3.63) is 15.9 Å². The molecule has 0 amide bonds. The lowest BCUT2D eigenvalue weighted by Crippen LogP contribution is -2.44. The number of aromatic nitrogens is 2. The van der Waals surface area contributed by atoms with E-state index in [0.717, 1.165) is 42.2 Å². The molecule has 1 heterocycles. The van der Waals surface area contributed by atoms with Crippen LogP contribution in [0.2, 0.25) is 0 Å². The van der Waals surface area contributed by atoms with Gasteiger partial charge in [-0.25, -0.2) is 0 Å². The molecule has 1 aliphatic rings. The van der Waals surface area contributed by atoms with Gasteiger partial charge < -0.3 is 10.1 Å². The highest BCUT2D eigenvalue weighted by atomic mass is 79.9. The van der Waals surface area contributed by atoms with Gasteiger partial charge >= 0.3 is 0 Å². The van der Waals surface area contributed by atoms with Crippen molar-refractivity contribution in [3.63, 3.8) is 0 Å². The largest absolute Gasteiger partial charge is 0.377 e. The molecule has 1 N–H and O–H groups in total. The number of likely N-dealkylation sites (N-methyl/N-ethyl adjacent to an activating group) is 1. The predicted octanol–water partition coefficient (Wildman–Crippen LogP) is 3.31. The highest BCUT2D eigenvalue weighted by Gasteiger charge is 2.37. The summed E-state index contributed by atoms with van der Waals surface area (Å²) in [6.07, 6.45) is 3.89. The highest BCUT2D eigenvalue weighted by molar-refractivity contribution is 9.10. The molecule has 5 heteroatoms. The lowest BCUT2D eigenvalue weighted by Gasteiger charge is -2.28. The van der Waals surface area contributed by atoms with Crippen LogP contribution >= 0.6 is 15.9 Å². The molecule has 0 saturated heterocycles. The van der Waals surface area contributed by atoms with Gasteiger partial charge in [-0.3, -0.25) is 4.68 Å². The molecule has 0 spiro atoms. The second-order valence-electron chi connectivity index (χ2n) is 5.79. The molecular weight excluding hydrogens is 330 g/mol. The molecule has 1 aromatic rings. The van der Waals surface area contributed by atoms with Crippen molar-refractivity contribution in [1.29, 1.82) is 0 Å².